The normalized spacial score (nSPS) is 10.2. The highest BCUT2D eigenvalue weighted by atomic mass is 16.4. The molecule has 0 radical (unpaired) electrons. The lowest BCUT2D eigenvalue weighted by Gasteiger charge is -2.20. The zero-order valence-electron chi connectivity index (χ0n) is 11.6. The predicted octanol–water partition coefficient (Wildman–Crippen LogP) is 2.58. The predicted molar refractivity (Wildman–Crippen MR) is 74.3 cm³/mol. The molecule has 0 saturated heterocycles. The van der Waals surface area contributed by atoms with Crippen molar-refractivity contribution in [1.82, 2.24) is 4.90 Å². The molecule has 1 rings (SSSR count). The Morgan fingerprint density at radius 3 is 2.37 bits per heavy atom. The maximum Gasteiger partial charge on any atom is 0.303 e. The quantitative estimate of drug-likeness (QED) is 0.822. The van der Waals surface area contributed by atoms with E-state index < -0.39 is 5.97 Å². The maximum atomic E-state index is 12.3. The maximum absolute atomic E-state index is 12.3. The van der Waals surface area contributed by atoms with Gasteiger partial charge in [-0.1, -0.05) is 18.2 Å². The highest BCUT2D eigenvalue weighted by Gasteiger charge is 2.15. The third-order valence-electron chi connectivity index (χ3n) is 3.14. The van der Waals surface area contributed by atoms with Crippen molar-refractivity contribution in [3.63, 3.8) is 0 Å². The van der Waals surface area contributed by atoms with Gasteiger partial charge in [0.1, 0.15) is 0 Å². The molecule has 0 aliphatic rings. The molecule has 0 heterocycles. The highest BCUT2D eigenvalue weighted by molar-refractivity contribution is 5.95. The number of carboxylic acid groups (broad SMARTS) is 1. The Morgan fingerprint density at radius 1 is 1.16 bits per heavy atom. The summed E-state index contributed by atoms with van der Waals surface area (Å²) < 4.78 is 0. The first kappa shape index (κ1) is 15.2. The SMILES string of the molecule is CCN(CC)C(=O)c1ccccc1CCCC(=O)O. The number of aryl methyl sites for hydroxylation is 1. The van der Waals surface area contributed by atoms with Gasteiger partial charge in [-0.25, -0.2) is 0 Å². The van der Waals surface area contributed by atoms with Crippen LogP contribution >= 0.6 is 0 Å². The van der Waals surface area contributed by atoms with Crippen molar-refractivity contribution in [2.24, 2.45) is 0 Å². The standard InChI is InChI=1S/C15H21NO3/c1-3-16(4-2)15(19)13-10-6-5-8-12(13)9-7-11-14(17)18/h5-6,8,10H,3-4,7,9,11H2,1-2H3,(H,17,18). The number of hydrogen-bond acceptors (Lipinski definition) is 2. The Morgan fingerprint density at radius 2 is 1.79 bits per heavy atom. The summed E-state index contributed by atoms with van der Waals surface area (Å²) in [5.41, 5.74) is 1.62. The van der Waals surface area contributed by atoms with Crippen LogP contribution in [0.2, 0.25) is 0 Å². The highest BCUT2D eigenvalue weighted by Crippen LogP contribution is 2.14. The van der Waals surface area contributed by atoms with Crippen LogP contribution in [0.3, 0.4) is 0 Å². The number of carbonyl (C=O) groups excluding carboxylic acids is 1. The van der Waals surface area contributed by atoms with E-state index in [1.807, 2.05) is 38.1 Å². The Hall–Kier alpha value is -1.84. The van der Waals surface area contributed by atoms with Crippen LogP contribution in [0, 0.1) is 0 Å². The van der Waals surface area contributed by atoms with Crippen LogP contribution in [-0.4, -0.2) is 35.0 Å². The number of aliphatic carboxylic acids is 1. The topological polar surface area (TPSA) is 57.6 Å². The molecular formula is C15H21NO3. The van der Waals surface area contributed by atoms with E-state index in [1.165, 1.54) is 0 Å². The zero-order valence-corrected chi connectivity index (χ0v) is 11.6. The molecule has 1 aromatic rings. The minimum atomic E-state index is -0.799. The van der Waals surface area contributed by atoms with Gasteiger partial charge < -0.3 is 10.0 Å². The van der Waals surface area contributed by atoms with Crippen LogP contribution in [0.25, 0.3) is 0 Å². The van der Waals surface area contributed by atoms with Gasteiger partial charge in [-0.2, -0.15) is 0 Å². The molecule has 0 aliphatic heterocycles. The number of carbonyl (C=O) groups is 2. The van der Waals surface area contributed by atoms with E-state index in [4.69, 9.17) is 5.11 Å². The lowest BCUT2D eigenvalue weighted by molar-refractivity contribution is -0.137. The summed E-state index contributed by atoms with van der Waals surface area (Å²) in [6, 6.07) is 7.45. The van der Waals surface area contributed by atoms with Crippen LogP contribution < -0.4 is 0 Å². The van der Waals surface area contributed by atoms with E-state index >= 15 is 0 Å². The van der Waals surface area contributed by atoms with Gasteiger partial charge in [-0.05, 0) is 38.3 Å². The van der Waals surface area contributed by atoms with Crippen LogP contribution in [0.5, 0.6) is 0 Å². The summed E-state index contributed by atoms with van der Waals surface area (Å²) in [5.74, 6) is -0.775. The van der Waals surface area contributed by atoms with Gasteiger partial charge in [0, 0.05) is 25.1 Å². The van der Waals surface area contributed by atoms with Crippen molar-refractivity contribution in [2.45, 2.75) is 33.1 Å². The first-order chi connectivity index (χ1) is 9.10. The minimum Gasteiger partial charge on any atom is -0.481 e. The van der Waals surface area contributed by atoms with E-state index in [0.717, 1.165) is 5.56 Å². The third kappa shape index (κ3) is 4.39. The zero-order chi connectivity index (χ0) is 14.3. The van der Waals surface area contributed by atoms with Crippen molar-refractivity contribution >= 4 is 11.9 Å². The first-order valence-electron chi connectivity index (χ1n) is 6.69. The molecule has 0 atom stereocenters. The van der Waals surface area contributed by atoms with Gasteiger partial charge in [0.05, 0.1) is 0 Å². The van der Waals surface area contributed by atoms with E-state index in [2.05, 4.69) is 0 Å². The number of nitrogens with zero attached hydrogens (tertiary/aromatic N) is 1. The fourth-order valence-electron chi connectivity index (χ4n) is 2.06. The van der Waals surface area contributed by atoms with Crippen LogP contribution in [0.4, 0.5) is 0 Å². The van der Waals surface area contributed by atoms with Gasteiger partial charge in [-0.3, -0.25) is 9.59 Å². The summed E-state index contributed by atoms with van der Waals surface area (Å²) in [5, 5.41) is 8.66. The van der Waals surface area contributed by atoms with Crippen LogP contribution in [-0.2, 0) is 11.2 Å². The molecule has 0 saturated carbocycles. The van der Waals surface area contributed by atoms with E-state index in [1.54, 1.807) is 4.90 Å². The van der Waals surface area contributed by atoms with Gasteiger partial charge in [0.2, 0.25) is 0 Å². The fraction of sp³-hybridized carbons (Fsp3) is 0.467. The van der Waals surface area contributed by atoms with Gasteiger partial charge in [0.25, 0.3) is 5.91 Å². The molecule has 4 heteroatoms. The molecule has 4 nitrogen and oxygen atoms in total. The number of amides is 1. The Balaban J connectivity index is 2.83. The first-order valence-corrected chi connectivity index (χ1v) is 6.69. The molecule has 1 amide bonds. The molecule has 0 aromatic heterocycles. The molecular weight excluding hydrogens is 242 g/mol. The Kier molecular flexibility index (Phi) is 6.06. The van der Waals surface area contributed by atoms with Crippen LogP contribution in [0.1, 0.15) is 42.6 Å². The van der Waals surface area contributed by atoms with Crippen molar-refractivity contribution in [1.29, 1.82) is 0 Å². The Bertz CT molecular complexity index is 439. The van der Waals surface area contributed by atoms with E-state index in [-0.39, 0.29) is 12.3 Å². The average molecular weight is 263 g/mol. The third-order valence-corrected chi connectivity index (χ3v) is 3.14. The molecule has 0 fully saturated rings. The molecule has 104 valence electrons. The summed E-state index contributed by atoms with van der Waals surface area (Å²) in [7, 11) is 0. The van der Waals surface area contributed by atoms with E-state index in [0.29, 0.717) is 31.5 Å². The number of carboxylic acids is 1. The van der Waals surface area contributed by atoms with Crippen LogP contribution in [0.15, 0.2) is 24.3 Å². The van der Waals surface area contributed by atoms with Crippen molar-refractivity contribution in [2.75, 3.05) is 13.1 Å². The molecule has 0 aliphatic carbocycles. The summed E-state index contributed by atoms with van der Waals surface area (Å²) in [4.78, 5) is 24.6. The van der Waals surface area contributed by atoms with Gasteiger partial charge >= 0.3 is 5.97 Å². The summed E-state index contributed by atoms with van der Waals surface area (Å²) in [6.45, 7) is 5.26. The second-order valence-electron chi connectivity index (χ2n) is 4.38. The summed E-state index contributed by atoms with van der Waals surface area (Å²) >= 11 is 0. The molecule has 0 unspecified atom stereocenters. The molecule has 1 N–H and O–H groups in total. The largest absolute Gasteiger partial charge is 0.481 e. The minimum absolute atomic E-state index is 0.0240. The smallest absolute Gasteiger partial charge is 0.303 e. The average Bonchev–Trinajstić information content (AvgIpc) is 2.40. The number of hydrogen-bond donors (Lipinski definition) is 1. The summed E-state index contributed by atoms with van der Waals surface area (Å²) in [6.07, 6.45) is 1.31. The second-order valence-corrected chi connectivity index (χ2v) is 4.38. The lowest BCUT2D eigenvalue weighted by Crippen LogP contribution is -2.31. The lowest BCUT2D eigenvalue weighted by atomic mass is 10.0. The van der Waals surface area contributed by atoms with E-state index in [9.17, 15) is 9.59 Å². The Labute approximate surface area is 114 Å². The number of benzene rings is 1. The van der Waals surface area contributed by atoms with Crippen molar-refractivity contribution in [3.8, 4) is 0 Å². The van der Waals surface area contributed by atoms with Crippen molar-refractivity contribution < 1.29 is 14.7 Å². The molecule has 0 spiro atoms. The van der Waals surface area contributed by atoms with Gasteiger partial charge in [0.15, 0.2) is 0 Å². The molecule has 1 aromatic carbocycles. The number of rotatable bonds is 7. The monoisotopic (exact) mass is 263 g/mol. The second kappa shape index (κ2) is 7.56. The van der Waals surface area contributed by atoms with Crippen molar-refractivity contribution in [3.05, 3.63) is 35.4 Å². The fourth-order valence-corrected chi connectivity index (χ4v) is 2.06. The molecule has 19 heavy (non-hydrogen) atoms. The molecule has 0 bridgehead atoms. The van der Waals surface area contributed by atoms with Gasteiger partial charge in [-0.15, -0.1) is 0 Å².